The number of hydrogen-bond acceptors (Lipinski definition) is 8. The number of allylic oxidation sites excluding steroid dienone is 2. The van der Waals surface area contributed by atoms with Crippen LogP contribution >= 0.6 is 68.0 Å². The van der Waals surface area contributed by atoms with Crippen molar-refractivity contribution in [2.45, 2.75) is 52.4 Å². The third-order valence-electron chi connectivity index (χ3n) is 8.02. The third-order valence-corrected chi connectivity index (χ3v) is 15.4. The molecule has 10 heteroatoms. The summed E-state index contributed by atoms with van der Waals surface area (Å²) in [5, 5.41) is 18.6. The maximum Gasteiger partial charge on any atom is 0.263 e. The van der Waals surface area contributed by atoms with E-state index in [9.17, 15) is 10.5 Å². The first-order valence-corrected chi connectivity index (χ1v) is 19.5. The Morgan fingerprint density at radius 2 is 0.913 bits per heavy atom. The van der Waals surface area contributed by atoms with Crippen molar-refractivity contribution in [1.82, 2.24) is 0 Å². The molecule has 226 valence electrons. The molecule has 2 unspecified atom stereocenters. The Kier molecular flexibility index (Phi) is 9.42. The van der Waals surface area contributed by atoms with Gasteiger partial charge in [-0.1, -0.05) is 27.7 Å². The molecule has 0 radical (unpaired) electrons. The summed E-state index contributed by atoms with van der Waals surface area (Å²) in [6.45, 7) is 23.3. The molecule has 2 atom stereocenters. The highest BCUT2D eigenvalue weighted by Crippen LogP contribution is 2.49. The quantitative estimate of drug-likeness (QED) is 0.111. The van der Waals surface area contributed by atoms with Crippen LogP contribution in [0.3, 0.4) is 0 Å². The van der Waals surface area contributed by atoms with Crippen LogP contribution in [0.1, 0.15) is 73.3 Å². The van der Waals surface area contributed by atoms with Gasteiger partial charge in [0.05, 0.1) is 25.3 Å². The van der Waals surface area contributed by atoms with Crippen molar-refractivity contribution < 1.29 is 0 Å². The topological polar surface area (TPSA) is 56.3 Å². The van der Waals surface area contributed by atoms with Gasteiger partial charge in [0.1, 0.15) is 0 Å². The van der Waals surface area contributed by atoms with Crippen LogP contribution in [0.2, 0.25) is 0 Å². The number of rotatable bonds is 9. The molecular formula is C36H26N4S6. The van der Waals surface area contributed by atoms with Crippen molar-refractivity contribution in [2.24, 2.45) is 0 Å². The summed E-state index contributed by atoms with van der Waals surface area (Å²) in [5.74, 6) is 0.703. The molecule has 0 N–H and O–H groups in total. The molecule has 0 fully saturated rings. The van der Waals surface area contributed by atoms with Crippen LogP contribution in [0.5, 0.6) is 0 Å². The zero-order chi connectivity index (χ0) is 32.5. The summed E-state index contributed by atoms with van der Waals surface area (Å²) < 4.78 is 5.09. The number of fused-ring (bicyclic) bond motifs is 2. The van der Waals surface area contributed by atoms with E-state index in [-0.39, 0.29) is 11.4 Å². The van der Waals surface area contributed by atoms with E-state index in [1.54, 1.807) is 57.5 Å². The highest BCUT2D eigenvalue weighted by molar-refractivity contribution is 7.36. The molecule has 6 heterocycles. The summed E-state index contributed by atoms with van der Waals surface area (Å²) in [7, 11) is 0. The molecule has 6 aromatic heterocycles. The van der Waals surface area contributed by atoms with E-state index in [1.807, 2.05) is 34.8 Å². The van der Waals surface area contributed by atoms with Crippen molar-refractivity contribution in [2.75, 3.05) is 0 Å². The molecule has 0 aliphatic carbocycles. The lowest BCUT2D eigenvalue weighted by atomic mass is 9.98. The lowest BCUT2D eigenvalue weighted by molar-refractivity contribution is 0.735. The molecule has 6 aromatic rings. The van der Waals surface area contributed by atoms with Gasteiger partial charge in [0, 0.05) is 57.8 Å². The number of nitrogens with zero attached hydrogens (tertiary/aromatic N) is 4. The fourth-order valence-corrected chi connectivity index (χ4v) is 12.5. The number of hydrogen-bond donors (Lipinski definition) is 0. The van der Waals surface area contributed by atoms with Crippen LogP contribution in [0, 0.1) is 35.8 Å². The molecule has 0 aliphatic rings. The predicted molar refractivity (Wildman–Crippen MR) is 203 cm³/mol. The Hall–Kier alpha value is -3.84. The van der Waals surface area contributed by atoms with E-state index >= 15 is 0 Å². The van der Waals surface area contributed by atoms with Crippen LogP contribution in [0.25, 0.3) is 69.9 Å². The summed E-state index contributed by atoms with van der Waals surface area (Å²) in [5.41, 5.74) is 2.65. The Bertz CT molecular complexity index is 2070. The Morgan fingerprint density at radius 3 is 1.17 bits per heavy atom. The maximum absolute atomic E-state index is 9.32. The maximum atomic E-state index is 9.32. The lowest BCUT2D eigenvalue weighted by Gasteiger charge is -2.07. The van der Waals surface area contributed by atoms with Crippen LogP contribution < -0.4 is 0 Å². The Labute approximate surface area is 292 Å². The van der Waals surface area contributed by atoms with Crippen molar-refractivity contribution >= 4 is 99.0 Å². The standard InChI is InChI=1S/C36H26N4S6/c1-7-19(3)23-11-27(41-25(23)9-21(17-37)39-5)29-13-31-33(43-29)15-35(45-31)36-16-34-32(46-36)14-30(44-34)28-12-24(20(4)8-2)26(42-28)10-22(18-38)40-6/h9-16,19-20H,7-8H2,1-4H3/b21-9-,22-10+. The van der Waals surface area contributed by atoms with Gasteiger partial charge in [0.2, 0.25) is 0 Å². The second kappa shape index (κ2) is 13.5. The monoisotopic (exact) mass is 706 g/mol. The van der Waals surface area contributed by atoms with Crippen LogP contribution in [-0.4, -0.2) is 0 Å². The Morgan fingerprint density at radius 1 is 0.609 bits per heavy atom. The highest BCUT2D eigenvalue weighted by Gasteiger charge is 2.20. The minimum absolute atomic E-state index is 0.122. The SMILES string of the molecule is [C-]#[N+]/C(C#N)=C\c1sc(-c2cc3sc(-c4cc5sc(-c6cc(C(C)CC)c(/C=C(\C#N)[N+]#[C-])s6)cc5s4)cc3s2)cc1C(C)CC. The largest absolute Gasteiger partial charge is 0.263 e. The van der Waals surface area contributed by atoms with Gasteiger partial charge in [0.25, 0.3) is 11.4 Å². The molecule has 0 saturated heterocycles. The van der Waals surface area contributed by atoms with E-state index in [0.717, 1.165) is 22.6 Å². The van der Waals surface area contributed by atoms with Gasteiger partial charge >= 0.3 is 0 Å². The average Bonchev–Trinajstić information content (AvgIpc) is 3.90. The van der Waals surface area contributed by atoms with E-state index < -0.39 is 0 Å². The average molecular weight is 707 g/mol. The van der Waals surface area contributed by atoms with Gasteiger partial charge in [-0.2, -0.15) is 0 Å². The molecule has 6 rings (SSSR count). The van der Waals surface area contributed by atoms with E-state index in [4.69, 9.17) is 13.1 Å². The minimum Gasteiger partial charge on any atom is -0.227 e. The molecular weight excluding hydrogens is 681 g/mol. The van der Waals surface area contributed by atoms with Gasteiger partial charge in [0.15, 0.2) is 0 Å². The van der Waals surface area contributed by atoms with Crippen molar-refractivity contribution in [3.63, 3.8) is 0 Å². The van der Waals surface area contributed by atoms with E-state index in [1.165, 1.54) is 59.2 Å². The van der Waals surface area contributed by atoms with Gasteiger partial charge in [-0.15, -0.1) is 68.0 Å². The zero-order valence-electron chi connectivity index (χ0n) is 25.4. The van der Waals surface area contributed by atoms with Crippen molar-refractivity contribution in [3.05, 3.63) is 91.5 Å². The first kappa shape index (κ1) is 32.1. The smallest absolute Gasteiger partial charge is 0.227 e. The second-order valence-corrected chi connectivity index (χ2v) is 17.4. The molecule has 0 bridgehead atoms. The molecule has 0 amide bonds. The molecule has 0 aromatic carbocycles. The number of thiophene rings is 6. The van der Waals surface area contributed by atoms with Gasteiger partial charge in [-0.3, -0.25) is 0 Å². The fraction of sp³-hybridized carbons (Fsp3) is 0.222. The Balaban J connectivity index is 1.29. The predicted octanol–water partition coefficient (Wildman–Crippen LogP) is 14.0. The fourth-order valence-electron chi connectivity index (χ4n) is 5.10. The van der Waals surface area contributed by atoms with Gasteiger partial charge in [-0.05, 0) is 84.4 Å². The van der Waals surface area contributed by atoms with Crippen LogP contribution in [-0.2, 0) is 0 Å². The van der Waals surface area contributed by atoms with Crippen molar-refractivity contribution in [3.8, 4) is 41.4 Å². The summed E-state index contributed by atoms with van der Waals surface area (Å²) >= 11 is 10.6. The summed E-state index contributed by atoms with van der Waals surface area (Å²) in [6.07, 6.45) is 5.47. The van der Waals surface area contributed by atoms with Gasteiger partial charge < -0.3 is 0 Å². The summed E-state index contributed by atoms with van der Waals surface area (Å²) in [4.78, 5) is 16.1. The lowest BCUT2D eigenvalue weighted by Crippen LogP contribution is -1.90. The molecule has 0 saturated carbocycles. The second-order valence-electron chi connectivity index (χ2n) is 10.9. The number of nitriles is 2. The first-order valence-electron chi connectivity index (χ1n) is 14.6. The molecule has 4 nitrogen and oxygen atoms in total. The first-order chi connectivity index (χ1) is 22.3. The van der Waals surface area contributed by atoms with Gasteiger partial charge in [-0.25, -0.2) is 20.2 Å². The zero-order valence-corrected chi connectivity index (χ0v) is 30.3. The van der Waals surface area contributed by atoms with Crippen molar-refractivity contribution in [1.29, 1.82) is 10.5 Å². The van der Waals surface area contributed by atoms with Crippen LogP contribution in [0.4, 0.5) is 0 Å². The summed E-state index contributed by atoms with van der Waals surface area (Å²) in [6, 6.07) is 17.7. The van der Waals surface area contributed by atoms with Crippen LogP contribution in [0.15, 0.2) is 47.8 Å². The normalized spacial score (nSPS) is 13.4. The van der Waals surface area contributed by atoms with E-state index in [2.05, 4.69) is 73.8 Å². The van der Waals surface area contributed by atoms with E-state index in [0.29, 0.717) is 11.8 Å². The highest BCUT2D eigenvalue weighted by atomic mass is 32.1. The molecule has 0 aliphatic heterocycles. The molecule has 46 heavy (non-hydrogen) atoms. The third kappa shape index (κ3) is 6.14. The molecule has 0 spiro atoms. The minimum atomic E-state index is 0.122.